The monoisotopic (exact) mass is 289 g/mol. The van der Waals surface area contributed by atoms with Crippen LogP contribution in [0, 0.1) is 5.41 Å². The SMILES string of the molecule is CCOC1CC(Nc2ccc(C(C)CC)cc2)C1(C)CC. The van der Waals surface area contributed by atoms with Crippen LogP contribution in [0.1, 0.15) is 65.4 Å². The lowest BCUT2D eigenvalue weighted by molar-refractivity contribution is -0.109. The van der Waals surface area contributed by atoms with Gasteiger partial charge in [-0.25, -0.2) is 0 Å². The Morgan fingerprint density at radius 1 is 1.24 bits per heavy atom. The van der Waals surface area contributed by atoms with Crippen molar-refractivity contribution in [1.29, 1.82) is 0 Å². The summed E-state index contributed by atoms with van der Waals surface area (Å²) in [5.74, 6) is 0.644. The number of hydrogen-bond acceptors (Lipinski definition) is 2. The molecule has 0 bridgehead atoms. The maximum absolute atomic E-state index is 5.88. The molecule has 118 valence electrons. The molecule has 1 aliphatic carbocycles. The van der Waals surface area contributed by atoms with Gasteiger partial charge in [0.2, 0.25) is 0 Å². The maximum atomic E-state index is 5.88. The lowest BCUT2D eigenvalue weighted by Crippen LogP contribution is -2.59. The van der Waals surface area contributed by atoms with Gasteiger partial charge in [0, 0.05) is 23.8 Å². The Morgan fingerprint density at radius 2 is 1.90 bits per heavy atom. The summed E-state index contributed by atoms with van der Waals surface area (Å²) in [6, 6.07) is 9.50. The topological polar surface area (TPSA) is 21.3 Å². The highest BCUT2D eigenvalue weighted by Gasteiger charge is 2.51. The molecule has 0 aliphatic heterocycles. The minimum atomic E-state index is 0.255. The molecule has 0 radical (unpaired) electrons. The van der Waals surface area contributed by atoms with Crippen molar-refractivity contribution in [2.75, 3.05) is 11.9 Å². The molecule has 0 saturated heterocycles. The number of benzene rings is 1. The summed E-state index contributed by atoms with van der Waals surface area (Å²) >= 11 is 0. The fourth-order valence-electron chi connectivity index (χ4n) is 3.32. The molecule has 1 aliphatic rings. The van der Waals surface area contributed by atoms with Crippen molar-refractivity contribution in [2.45, 2.75) is 71.9 Å². The summed E-state index contributed by atoms with van der Waals surface area (Å²) in [6.45, 7) is 12.1. The normalized spacial score (nSPS) is 29.8. The van der Waals surface area contributed by atoms with E-state index >= 15 is 0 Å². The van der Waals surface area contributed by atoms with Crippen LogP contribution >= 0.6 is 0 Å². The molecule has 21 heavy (non-hydrogen) atoms. The maximum Gasteiger partial charge on any atom is 0.0667 e. The van der Waals surface area contributed by atoms with Crippen molar-refractivity contribution in [1.82, 2.24) is 0 Å². The Hall–Kier alpha value is -1.02. The average molecular weight is 289 g/mol. The highest BCUT2D eigenvalue weighted by molar-refractivity contribution is 5.47. The van der Waals surface area contributed by atoms with Crippen molar-refractivity contribution >= 4 is 5.69 Å². The van der Waals surface area contributed by atoms with Crippen LogP contribution < -0.4 is 5.32 Å². The predicted molar refractivity (Wildman–Crippen MR) is 91.0 cm³/mol. The molecule has 4 atom stereocenters. The molecule has 2 rings (SSSR count). The fourth-order valence-corrected chi connectivity index (χ4v) is 3.32. The molecule has 0 amide bonds. The quantitative estimate of drug-likeness (QED) is 0.744. The standard InChI is InChI=1S/C19H31NO/c1-6-14(4)15-9-11-16(12-10-15)20-17-13-18(21-8-3)19(17,5)7-2/h9-12,14,17-18,20H,6-8,13H2,1-5H3. The van der Waals surface area contributed by atoms with Gasteiger partial charge in [0.05, 0.1) is 6.10 Å². The Kier molecular flexibility index (Phi) is 5.32. The summed E-state index contributed by atoms with van der Waals surface area (Å²) in [7, 11) is 0. The highest BCUT2D eigenvalue weighted by atomic mass is 16.5. The molecule has 0 spiro atoms. The molecule has 1 aromatic carbocycles. The first-order valence-electron chi connectivity index (χ1n) is 8.53. The second-order valence-corrected chi connectivity index (χ2v) is 6.67. The van der Waals surface area contributed by atoms with Crippen LogP contribution in [0.15, 0.2) is 24.3 Å². The van der Waals surface area contributed by atoms with Crippen LogP contribution in [-0.2, 0) is 4.74 Å². The van der Waals surface area contributed by atoms with Crippen LogP contribution in [-0.4, -0.2) is 18.8 Å². The largest absolute Gasteiger partial charge is 0.382 e. The molecular formula is C19H31NO. The van der Waals surface area contributed by atoms with E-state index in [2.05, 4.69) is 64.2 Å². The Bertz CT molecular complexity index is 441. The van der Waals surface area contributed by atoms with E-state index in [9.17, 15) is 0 Å². The van der Waals surface area contributed by atoms with Crippen molar-refractivity contribution in [2.24, 2.45) is 5.41 Å². The number of rotatable bonds is 7. The molecule has 1 saturated carbocycles. The summed E-state index contributed by atoms with van der Waals surface area (Å²) in [5, 5.41) is 3.71. The van der Waals surface area contributed by atoms with Crippen molar-refractivity contribution in [3.8, 4) is 0 Å². The van der Waals surface area contributed by atoms with Gasteiger partial charge in [0.1, 0.15) is 0 Å². The molecule has 0 heterocycles. The molecule has 2 heteroatoms. The van der Waals surface area contributed by atoms with Crippen LogP contribution in [0.4, 0.5) is 5.69 Å². The first-order chi connectivity index (χ1) is 10.0. The van der Waals surface area contributed by atoms with Gasteiger partial charge in [0.15, 0.2) is 0 Å². The zero-order valence-electron chi connectivity index (χ0n) is 14.3. The van der Waals surface area contributed by atoms with Gasteiger partial charge in [-0.3, -0.25) is 0 Å². The van der Waals surface area contributed by atoms with Gasteiger partial charge in [-0.15, -0.1) is 0 Å². The summed E-state index contributed by atoms with van der Waals surface area (Å²) in [4.78, 5) is 0. The van der Waals surface area contributed by atoms with Gasteiger partial charge < -0.3 is 10.1 Å². The molecule has 2 nitrogen and oxygen atoms in total. The number of ether oxygens (including phenoxy) is 1. The second-order valence-electron chi connectivity index (χ2n) is 6.67. The predicted octanol–water partition coefficient (Wildman–Crippen LogP) is 5.21. The third-order valence-corrected chi connectivity index (χ3v) is 5.54. The zero-order chi connectivity index (χ0) is 15.5. The van der Waals surface area contributed by atoms with Crippen LogP contribution in [0.5, 0.6) is 0 Å². The second kappa shape index (κ2) is 6.83. The van der Waals surface area contributed by atoms with E-state index in [-0.39, 0.29) is 5.41 Å². The summed E-state index contributed by atoms with van der Waals surface area (Å²) < 4.78 is 5.88. The Morgan fingerprint density at radius 3 is 2.43 bits per heavy atom. The molecule has 1 N–H and O–H groups in total. The van der Waals surface area contributed by atoms with E-state index in [1.54, 1.807) is 0 Å². The van der Waals surface area contributed by atoms with Gasteiger partial charge in [0.25, 0.3) is 0 Å². The van der Waals surface area contributed by atoms with E-state index in [4.69, 9.17) is 4.74 Å². The summed E-state index contributed by atoms with van der Waals surface area (Å²) in [5.41, 5.74) is 2.93. The average Bonchev–Trinajstić information content (AvgIpc) is 2.52. The van der Waals surface area contributed by atoms with Crippen LogP contribution in [0.3, 0.4) is 0 Å². The van der Waals surface area contributed by atoms with Crippen LogP contribution in [0.2, 0.25) is 0 Å². The van der Waals surface area contributed by atoms with Crippen molar-refractivity contribution in [3.05, 3.63) is 29.8 Å². The number of nitrogens with one attached hydrogen (secondary N) is 1. The van der Waals surface area contributed by atoms with Crippen LogP contribution in [0.25, 0.3) is 0 Å². The molecule has 0 aromatic heterocycles. The van der Waals surface area contributed by atoms with E-state index in [0.717, 1.165) is 19.4 Å². The first kappa shape index (κ1) is 16.4. The van der Waals surface area contributed by atoms with Gasteiger partial charge in [-0.2, -0.15) is 0 Å². The summed E-state index contributed by atoms with van der Waals surface area (Å²) in [6.07, 6.45) is 3.87. The Labute approximate surface area is 130 Å². The first-order valence-corrected chi connectivity index (χ1v) is 8.53. The van der Waals surface area contributed by atoms with Gasteiger partial charge in [-0.1, -0.05) is 39.8 Å². The molecule has 1 fully saturated rings. The lowest BCUT2D eigenvalue weighted by Gasteiger charge is -2.54. The highest BCUT2D eigenvalue weighted by Crippen LogP contribution is 2.47. The molecular weight excluding hydrogens is 258 g/mol. The van der Waals surface area contributed by atoms with Gasteiger partial charge in [-0.05, 0) is 49.8 Å². The molecule has 1 aromatic rings. The van der Waals surface area contributed by atoms with E-state index in [0.29, 0.717) is 18.1 Å². The number of hydrogen-bond donors (Lipinski definition) is 1. The fraction of sp³-hybridized carbons (Fsp3) is 0.684. The Balaban J connectivity index is 1.99. The smallest absolute Gasteiger partial charge is 0.0667 e. The third kappa shape index (κ3) is 3.26. The van der Waals surface area contributed by atoms with Crippen molar-refractivity contribution < 1.29 is 4.74 Å². The van der Waals surface area contributed by atoms with Crippen molar-refractivity contribution in [3.63, 3.8) is 0 Å². The molecule has 4 unspecified atom stereocenters. The number of anilines is 1. The minimum absolute atomic E-state index is 0.255. The van der Waals surface area contributed by atoms with Gasteiger partial charge >= 0.3 is 0 Å². The lowest BCUT2D eigenvalue weighted by atomic mass is 9.61. The van der Waals surface area contributed by atoms with E-state index in [1.807, 2.05) is 0 Å². The third-order valence-electron chi connectivity index (χ3n) is 5.54. The minimum Gasteiger partial charge on any atom is -0.382 e. The zero-order valence-corrected chi connectivity index (χ0v) is 14.3. The van der Waals surface area contributed by atoms with E-state index < -0.39 is 0 Å². The van der Waals surface area contributed by atoms with E-state index in [1.165, 1.54) is 17.7 Å².